The summed E-state index contributed by atoms with van der Waals surface area (Å²) in [6.07, 6.45) is 1.69. The van der Waals surface area contributed by atoms with Gasteiger partial charge in [0.2, 0.25) is 0 Å². The highest BCUT2D eigenvalue weighted by atomic mass is 16.2. The van der Waals surface area contributed by atoms with Crippen molar-refractivity contribution in [2.45, 2.75) is 26.4 Å². The minimum Gasteiger partial charge on any atom is -0.368 e. The van der Waals surface area contributed by atoms with E-state index in [0.29, 0.717) is 11.1 Å². The molecule has 3 heterocycles. The first-order chi connectivity index (χ1) is 15.5. The monoisotopic (exact) mass is 429 g/mol. The maximum absolute atomic E-state index is 13.5. The number of imide groups is 1. The number of aromatic nitrogens is 2. The Morgan fingerprint density at radius 3 is 2.41 bits per heavy atom. The number of fused-ring (bicyclic) bond motifs is 1. The lowest BCUT2D eigenvalue weighted by Crippen LogP contribution is -2.46. The zero-order valence-corrected chi connectivity index (χ0v) is 18.4. The molecule has 1 atom stereocenters. The Morgan fingerprint density at radius 2 is 1.72 bits per heavy atom. The molecule has 0 saturated carbocycles. The van der Waals surface area contributed by atoms with E-state index in [1.807, 2.05) is 32.0 Å². The van der Waals surface area contributed by atoms with Gasteiger partial charge in [-0.3, -0.25) is 24.5 Å². The lowest BCUT2D eigenvalue weighted by atomic mass is 10.1. The molecule has 1 aromatic heterocycles. The van der Waals surface area contributed by atoms with Crippen LogP contribution in [0.1, 0.15) is 50.5 Å². The first-order valence-corrected chi connectivity index (χ1v) is 11.1. The molecule has 32 heavy (non-hydrogen) atoms. The molecule has 1 unspecified atom stereocenters. The van der Waals surface area contributed by atoms with Gasteiger partial charge in [0.1, 0.15) is 0 Å². The van der Waals surface area contributed by atoms with Crippen LogP contribution in [0.3, 0.4) is 0 Å². The number of aryl methyl sites for hydroxylation is 1. The molecule has 1 saturated heterocycles. The van der Waals surface area contributed by atoms with Crippen molar-refractivity contribution in [2.75, 3.05) is 31.1 Å². The van der Waals surface area contributed by atoms with Crippen LogP contribution in [0.5, 0.6) is 0 Å². The van der Waals surface area contributed by atoms with E-state index in [1.54, 1.807) is 12.3 Å². The van der Waals surface area contributed by atoms with Crippen LogP contribution in [-0.2, 0) is 6.54 Å². The number of carbonyl (C=O) groups excluding carboxylic acids is 2. The van der Waals surface area contributed by atoms with Crippen molar-refractivity contribution in [3.8, 4) is 0 Å². The highest BCUT2D eigenvalue weighted by Crippen LogP contribution is 2.37. The molecular formula is C25H27N5O2. The van der Waals surface area contributed by atoms with Crippen molar-refractivity contribution in [3.05, 3.63) is 82.7 Å². The van der Waals surface area contributed by atoms with E-state index in [1.165, 1.54) is 10.5 Å². The van der Waals surface area contributed by atoms with E-state index in [2.05, 4.69) is 44.3 Å². The fourth-order valence-corrected chi connectivity index (χ4v) is 4.81. The average Bonchev–Trinajstić information content (AvgIpc) is 3.35. The third-order valence-corrected chi connectivity index (χ3v) is 6.59. The number of hydrogen-bond acceptors (Lipinski definition) is 5. The second kappa shape index (κ2) is 8.24. The molecule has 1 N–H and O–H groups in total. The van der Waals surface area contributed by atoms with Gasteiger partial charge >= 0.3 is 0 Å². The van der Waals surface area contributed by atoms with Crippen molar-refractivity contribution in [1.82, 2.24) is 20.0 Å². The van der Waals surface area contributed by atoms with Gasteiger partial charge in [-0.05, 0) is 31.5 Å². The first kappa shape index (κ1) is 20.5. The minimum atomic E-state index is -0.378. The van der Waals surface area contributed by atoms with Gasteiger partial charge in [-0.2, -0.15) is 5.10 Å². The van der Waals surface area contributed by atoms with E-state index < -0.39 is 0 Å². The van der Waals surface area contributed by atoms with Crippen LogP contribution in [0.15, 0.2) is 54.7 Å². The van der Waals surface area contributed by atoms with E-state index in [4.69, 9.17) is 0 Å². The van der Waals surface area contributed by atoms with Gasteiger partial charge in [0.05, 0.1) is 29.1 Å². The minimum absolute atomic E-state index is 0.222. The number of anilines is 1. The Labute approximate surface area is 187 Å². The largest absolute Gasteiger partial charge is 0.368 e. The van der Waals surface area contributed by atoms with E-state index in [9.17, 15) is 9.59 Å². The summed E-state index contributed by atoms with van der Waals surface area (Å²) in [5.74, 6) is -0.455. The van der Waals surface area contributed by atoms with Crippen molar-refractivity contribution in [2.24, 2.45) is 0 Å². The van der Waals surface area contributed by atoms with Crippen molar-refractivity contribution >= 4 is 17.5 Å². The third-order valence-electron chi connectivity index (χ3n) is 6.59. The predicted octanol–water partition coefficient (Wildman–Crippen LogP) is 3.40. The summed E-state index contributed by atoms with van der Waals surface area (Å²) in [5.41, 5.74) is 4.91. The van der Waals surface area contributed by atoms with Crippen LogP contribution in [0.4, 0.5) is 5.69 Å². The van der Waals surface area contributed by atoms with Gasteiger partial charge in [0.25, 0.3) is 11.8 Å². The number of carbonyl (C=O) groups is 2. The normalized spacial score (nSPS) is 17.7. The lowest BCUT2D eigenvalue weighted by molar-refractivity contribution is 0.0595. The molecule has 0 radical (unpaired) electrons. The Balaban J connectivity index is 1.35. The fourth-order valence-electron chi connectivity index (χ4n) is 4.81. The number of benzene rings is 2. The molecule has 2 amide bonds. The summed E-state index contributed by atoms with van der Waals surface area (Å²) in [7, 11) is 0. The summed E-state index contributed by atoms with van der Waals surface area (Å²) >= 11 is 0. The maximum Gasteiger partial charge on any atom is 0.264 e. The molecule has 1 fully saturated rings. The molecule has 2 aromatic carbocycles. The molecule has 2 aliphatic heterocycles. The van der Waals surface area contributed by atoms with E-state index in [-0.39, 0.29) is 17.9 Å². The highest BCUT2D eigenvalue weighted by molar-refractivity contribution is 6.24. The summed E-state index contributed by atoms with van der Waals surface area (Å²) < 4.78 is 0. The molecule has 0 spiro atoms. The number of hydrogen-bond donors (Lipinski definition) is 1. The molecule has 5 rings (SSSR count). The second-order valence-corrected chi connectivity index (χ2v) is 8.56. The van der Waals surface area contributed by atoms with Crippen LogP contribution in [0.2, 0.25) is 0 Å². The first-order valence-electron chi connectivity index (χ1n) is 11.1. The molecule has 2 aliphatic rings. The van der Waals surface area contributed by atoms with Gasteiger partial charge in [-0.25, -0.2) is 0 Å². The smallest absolute Gasteiger partial charge is 0.264 e. The second-order valence-electron chi connectivity index (χ2n) is 8.56. The Hall–Kier alpha value is -3.45. The van der Waals surface area contributed by atoms with Crippen LogP contribution in [0.25, 0.3) is 0 Å². The number of nitrogens with one attached hydrogen (secondary N) is 1. The van der Waals surface area contributed by atoms with Gasteiger partial charge < -0.3 is 4.90 Å². The fraction of sp³-hybridized carbons (Fsp3) is 0.320. The third kappa shape index (κ3) is 3.48. The molecular weight excluding hydrogens is 402 g/mol. The van der Waals surface area contributed by atoms with Crippen molar-refractivity contribution in [1.29, 1.82) is 0 Å². The topological polar surface area (TPSA) is 72.5 Å². The van der Waals surface area contributed by atoms with Gasteiger partial charge in [-0.1, -0.05) is 36.4 Å². The van der Waals surface area contributed by atoms with Crippen molar-refractivity contribution in [3.63, 3.8) is 0 Å². The number of nitrogens with zero attached hydrogens (tertiary/aromatic N) is 4. The number of aromatic amines is 1. The lowest BCUT2D eigenvalue weighted by Gasteiger charge is -2.36. The Bertz CT molecular complexity index is 1150. The molecule has 7 nitrogen and oxygen atoms in total. The predicted molar refractivity (Wildman–Crippen MR) is 123 cm³/mol. The molecule has 7 heteroatoms. The quantitative estimate of drug-likeness (QED) is 0.630. The van der Waals surface area contributed by atoms with Crippen LogP contribution >= 0.6 is 0 Å². The van der Waals surface area contributed by atoms with E-state index in [0.717, 1.165) is 49.7 Å². The van der Waals surface area contributed by atoms with Gasteiger partial charge in [0.15, 0.2) is 0 Å². The zero-order valence-electron chi connectivity index (χ0n) is 18.4. The number of rotatable bonds is 5. The highest BCUT2D eigenvalue weighted by Gasteiger charge is 2.42. The van der Waals surface area contributed by atoms with Crippen LogP contribution < -0.4 is 4.90 Å². The zero-order chi connectivity index (χ0) is 22.2. The summed E-state index contributed by atoms with van der Waals surface area (Å²) in [4.78, 5) is 32.7. The Morgan fingerprint density at radius 1 is 0.969 bits per heavy atom. The molecule has 0 aliphatic carbocycles. The molecule has 3 aromatic rings. The number of amides is 2. The summed E-state index contributed by atoms with van der Waals surface area (Å²) in [6.45, 7) is 8.17. The number of piperazine rings is 1. The van der Waals surface area contributed by atoms with Crippen LogP contribution in [-0.4, -0.2) is 58.0 Å². The Kier molecular flexibility index (Phi) is 5.27. The summed E-state index contributed by atoms with van der Waals surface area (Å²) in [6, 6.07) is 15.7. The maximum atomic E-state index is 13.5. The molecule has 0 bridgehead atoms. The van der Waals surface area contributed by atoms with Crippen LogP contribution in [0, 0.1) is 6.92 Å². The van der Waals surface area contributed by atoms with Crippen molar-refractivity contribution < 1.29 is 9.59 Å². The average molecular weight is 430 g/mol. The van der Waals surface area contributed by atoms with E-state index >= 15 is 0 Å². The SMILES string of the molecule is Cc1[nH]ncc1C(C)N1C(=O)c2cccc(N3CCN(Cc4ccccc4)CC3)c2C1=O. The summed E-state index contributed by atoms with van der Waals surface area (Å²) in [5, 5.41) is 6.95. The van der Waals surface area contributed by atoms with Gasteiger partial charge in [0, 0.05) is 44.0 Å². The standard InChI is InChI=1S/C25H27N5O2/c1-17-21(15-26-27-17)18(2)30-24(31)20-9-6-10-22(23(20)25(30)32)29-13-11-28(12-14-29)16-19-7-4-3-5-8-19/h3-10,15,18H,11-14,16H2,1-2H3,(H,26,27). The number of H-pyrrole nitrogens is 1. The molecule has 164 valence electrons. The van der Waals surface area contributed by atoms with Gasteiger partial charge in [-0.15, -0.1) is 0 Å².